The fourth-order valence-electron chi connectivity index (χ4n) is 6.90. The average molecular weight is 588 g/mol. The van der Waals surface area contributed by atoms with Crippen molar-refractivity contribution in [1.82, 2.24) is 15.1 Å². The highest BCUT2D eigenvalue weighted by Gasteiger charge is 2.50. The summed E-state index contributed by atoms with van der Waals surface area (Å²) in [4.78, 5) is 31.9. The molecular weight excluding hydrogens is 546 g/mol. The maximum Gasteiger partial charge on any atom is 0.229 e. The molecule has 0 radical (unpaired) electrons. The number of nitrogens with one attached hydrogen (secondary N) is 1. The zero-order valence-corrected chi connectivity index (χ0v) is 25.3. The number of rotatable bonds is 8. The standard InChI is InChI=1S/C31H41N3O4S.ClH/c1-22(2)29(35)28(27-20-32-19-26(27)24-7-5-4-6-8-24)33-16-13-31(14-17-33)15-18-34(30(31)36)21-23-9-11-25(12-10-23)39(3,37)38;/h4-12,22,26-28,32H,13-21H2,1-3H3;1H/t26-,27-,28?;/m1./s1. The summed E-state index contributed by atoms with van der Waals surface area (Å²) in [5.41, 5.74) is 1.86. The lowest BCUT2D eigenvalue weighted by Gasteiger charge is -2.44. The molecule has 3 atom stereocenters. The Balaban J connectivity index is 0.00000370. The van der Waals surface area contributed by atoms with Crippen LogP contribution < -0.4 is 5.32 Å². The van der Waals surface area contributed by atoms with Gasteiger partial charge in [-0.05, 0) is 55.6 Å². The van der Waals surface area contributed by atoms with Gasteiger partial charge in [-0.25, -0.2) is 8.42 Å². The van der Waals surface area contributed by atoms with Crippen molar-refractivity contribution in [2.24, 2.45) is 17.3 Å². The Morgan fingerprint density at radius 1 is 0.975 bits per heavy atom. The second kappa shape index (κ2) is 12.3. The number of Topliss-reactive ketones (excluding diaryl/α,β-unsaturated/α-hetero) is 1. The minimum Gasteiger partial charge on any atom is -0.338 e. The summed E-state index contributed by atoms with van der Waals surface area (Å²) in [6.07, 6.45) is 3.58. The van der Waals surface area contributed by atoms with Crippen LogP contribution in [-0.2, 0) is 26.0 Å². The zero-order chi connectivity index (χ0) is 27.8. The number of sulfone groups is 1. The molecule has 3 fully saturated rings. The topological polar surface area (TPSA) is 86.8 Å². The Morgan fingerprint density at radius 3 is 2.20 bits per heavy atom. The number of hydrogen-bond donors (Lipinski definition) is 1. The molecule has 9 heteroatoms. The molecule has 0 aromatic heterocycles. The lowest BCUT2D eigenvalue weighted by Crippen LogP contribution is -2.55. The maximum atomic E-state index is 13.7. The van der Waals surface area contributed by atoms with Gasteiger partial charge < -0.3 is 10.2 Å². The number of nitrogens with zero attached hydrogens (tertiary/aromatic N) is 2. The zero-order valence-electron chi connectivity index (χ0n) is 23.7. The van der Waals surface area contributed by atoms with Gasteiger partial charge in [-0.15, -0.1) is 12.4 Å². The van der Waals surface area contributed by atoms with E-state index in [-0.39, 0.29) is 41.6 Å². The predicted molar refractivity (Wildman–Crippen MR) is 159 cm³/mol. The quantitative estimate of drug-likeness (QED) is 0.504. The van der Waals surface area contributed by atoms with Crippen LogP contribution in [-0.4, -0.2) is 74.9 Å². The van der Waals surface area contributed by atoms with Crippen molar-refractivity contribution in [3.8, 4) is 0 Å². The number of halogens is 1. The first kappa shape index (κ1) is 30.7. The molecule has 1 unspecified atom stereocenters. The number of carbonyl (C=O) groups is 2. The maximum absolute atomic E-state index is 13.7. The number of hydrogen-bond acceptors (Lipinski definition) is 6. The van der Waals surface area contributed by atoms with Crippen LogP contribution in [0.1, 0.15) is 50.2 Å². The normalized spacial score (nSPS) is 23.9. The van der Waals surface area contributed by atoms with Crippen molar-refractivity contribution in [2.45, 2.75) is 56.5 Å². The smallest absolute Gasteiger partial charge is 0.229 e. The van der Waals surface area contributed by atoms with Crippen molar-refractivity contribution in [2.75, 3.05) is 39.0 Å². The molecule has 0 aliphatic carbocycles. The van der Waals surface area contributed by atoms with Crippen LogP contribution in [0, 0.1) is 17.3 Å². The second-order valence-corrected chi connectivity index (χ2v) is 14.1. The van der Waals surface area contributed by atoms with Crippen molar-refractivity contribution < 1.29 is 18.0 Å². The van der Waals surface area contributed by atoms with Gasteiger partial charge in [0, 0.05) is 50.2 Å². The van der Waals surface area contributed by atoms with Gasteiger partial charge in [-0.2, -0.15) is 0 Å². The first-order valence-corrected chi connectivity index (χ1v) is 16.1. The van der Waals surface area contributed by atoms with Gasteiger partial charge in [-0.1, -0.05) is 56.3 Å². The number of benzene rings is 2. The Kier molecular flexibility index (Phi) is 9.45. The highest BCUT2D eigenvalue weighted by Crippen LogP contribution is 2.44. The summed E-state index contributed by atoms with van der Waals surface area (Å²) in [7, 11) is -3.24. The van der Waals surface area contributed by atoms with Crippen LogP contribution >= 0.6 is 12.4 Å². The molecule has 1 spiro atoms. The number of likely N-dealkylation sites (tertiary alicyclic amines) is 2. The lowest BCUT2D eigenvalue weighted by atomic mass is 9.74. The number of piperidine rings is 1. The second-order valence-electron chi connectivity index (χ2n) is 12.1. The third-order valence-corrected chi connectivity index (χ3v) is 10.4. The summed E-state index contributed by atoms with van der Waals surface area (Å²) < 4.78 is 23.6. The highest BCUT2D eigenvalue weighted by atomic mass is 35.5. The highest BCUT2D eigenvalue weighted by molar-refractivity contribution is 7.90. The van der Waals surface area contributed by atoms with E-state index in [1.165, 1.54) is 11.8 Å². The van der Waals surface area contributed by atoms with E-state index in [9.17, 15) is 18.0 Å². The average Bonchev–Trinajstić information content (AvgIpc) is 3.51. The van der Waals surface area contributed by atoms with Crippen LogP contribution in [0.15, 0.2) is 59.5 Å². The number of carbonyl (C=O) groups excluding carboxylic acids is 2. The first-order valence-electron chi connectivity index (χ1n) is 14.2. The van der Waals surface area contributed by atoms with Gasteiger partial charge >= 0.3 is 0 Å². The molecule has 3 heterocycles. The van der Waals surface area contributed by atoms with Gasteiger partial charge in [0.05, 0.1) is 16.4 Å². The summed E-state index contributed by atoms with van der Waals surface area (Å²) in [5.74, 6) is 0.971. The van der Waals surface area contributed by atoms with Crippen LogP contribution in [0.3, 0.4) is 0 Å². The molecule has 218 valence electrons. The van der Waals surface area contributed by atoms with Crippen molar-refractivity contribution in [3.63, 3.8) is 0 Å². The van der Waals surface area contributed by atoms with Gasteiger partial charge in [0.25, 0.3) is 0 Å². The van der Waals surface area contributed by atoms with E-state index in [1.54, 1.807) is 24.3 Å². The Hall–Kier alpha value is -2.26. The van der Waals surface area contributed by atoms with Crippen molar-refractivity contribution in [3.05, 3.63) is 65.7 Å². The molecule has 3 saturated heterocycles. The fraction of sp³-hybridized carbons (Fsp3) is 0.548. The SMILES string of the molecule is CC(C)C(=O)C([C@@H]1CNC[C@@H]1c1ccccc1)N1CCC2(CCN(Cc3ccc(S(C)(=O)=O)cc3)C2=O)CC1.Cl. The third kappa shape index (κ3) is 6.15. The van der Waals surface area contributed by atoms with Crippen molar-refractivity contribution in [1.29, 1.82) is 0 Å². The molecule has 5 rings (SSSR count). The summed E-state index contributed by atoms with van der Waals surface area (Å²) >= 11 is 0. The molecule has 2 aromatic rings. The molecule has 3 aliphatic rings. The van der Waals surface area contributed by atoms with Crippen molar-refractivity contribution >= 4 is 33.9 Å². The van der Waals surface area contributed by atoms with Gasteiger partial charge in [0.1, 0.15) is 0 Å². The lowest BCUT2D eigenvalue weighted by molar-refractivity contribution is -0.140. The molecule has 2 aromatic carbocycles. The molecular formula is C31H42ClN3O4S. The molecule has 0 saturated carbocycles. The van der Waals surface area contributed by atoms with E-state index in [0.29, 0.717) is 29.7 Å². The van der Waals surface area contributed by atoms with Gasteiger partial charge in [-0.3, -0.25) is 14.5 Å². The Morgan fingerprint density at radius 2 is 1.60 bits per heavy atom. The van der Waals surface area contributed by atoms with E-state index in [0.717, 1.165) is 51.0 Å². The van der Waals surface area contributed by atoms with Crippen LogP contribution in [0.5, 0.6) is 0 Å². The Labute approximate surface area is 245 Å². The van der Waals surface area contributed by atoms with E-state index < -0.39 is 9.84 Å². The fourth-order valence-corrected chi connectivity index (χ4v) is 7.53. The monoisotopic (exact) mass is 587 g/mol. The number of amides is 1. The molecule has 3 aliphatic heterocycles. The molecule has 0 bridgehead atoms. The molecule has 7 nitrogen and oxygen atoms in total. The molecule has 1 N–H and O–H groups in total. The van der Waals surface area contributed by atoms with E-state index in [4.69, 9.17) is 0 Å². The summed E-state index contributed by atoms with van der Waals surface area (Å²) in [6.45, 7) is 8.43. The van der Waals surface area contributed by atoms with E-state index in [1.807, 2.05) is 24.8 Å². The first-order chi connectivity index (χ1) is 18.6. The predicted octanol–water partition coefficient (Wildman–Crippen LogP) is 3.92. The van der Waals surface area contributed by atoms with E-state index >= 15 is 0 Å². The van der Waals surface area contributed by atoms with Gasteiger partial charge in [0.2, 0.25) is 5.91 Å². The third-order valence-electron chi connectivity index (χ3n) is 9.23. The molecule has 1 amide bonds. The Bertz CT molecular complexity index is 1290. The largest absolute Gasteiger partial charge is 0.338 e. The summed E-state index contributed by atoms with van der Waals surface area (Å²) in [6, 6.07) is 17.2. The van der Waals surface area contributed by atoms with Crippen LogP contribution in [0.25, 0.3) is 0 Å². The van der Waals surface area contributed by atoms with E-state index in [2.05, 4.69) is 34.5 Å². The van der Waals surface area contributed by atoms with Crippen LogP contribution in [0.4, 0.5) is 0 Å². The number of ketones is 1. The summed E-state index contributed by atoms with van der Waals surface area (Å²) in [5, 5.41) is 3.56. The van der Waals surface area contributed by atoms with Crippen LogP contribution in [0.2, 0.25) is 0 Å². The molecule has 40 heavy (non-hydrogen) atoms. The minimum atomic E-state index is -3.24. The minimum absolute atomic E-state index is 0. The van der Waals surface area contributed by atoms with Gasteiger partial charge in [0.15, 0.2) is 15.6 Å².